The van der Waals surface area contributed by atoms with Crippen LogP contribution >= 0.6 is 11.3 Å². The lowest BCUT2D eigenvalue weighted by Gasteiger charge is -1.97. The molecule has 2 rings (SSSR count). The summed E-state index contributed by atoms with van der Waals surface area (Å²) in [6.07, 6.45) is 3.04. The molecule has 16 heavy (non-hydrogen) atoms. The average Bonchev–Trinajstić information content (AvgIpc) is 2.75. The zero-order chi connectivity index (χ0) is 11.4. The number of aromatic nitrogens is 1. The fourth-order valence-corrected chi connectivity index (χ4v) is 2.49. The van der Waals surface area contributed by atoms with Crippen LogP contribution in [0.25, 0.3) is 10.6 Å². The molecule has 1 heterocycles. The highest BCUT2D eigenvalue weighted by molar-refractivity contribution is 7.15. The summed E-state index contributed by atoms with van der Waals surface area (Å²) >= 11 is 1.78. The molecule has 0 aliphatic rings. The van der Waals surface area contributed by atoms with Gasteiger partial charge in [-0.2, -0.15) is 0 Å². The van der Waals surface area contributed by atoms with Crippen LogP contribution in [-0.4, -0.2) is 18.6 Å². The van der Waals surface area contributed by atoms with Crippen LogP contribution in [0.2, 0.25) is 0 Å². The largest absolute Gasteiger partial charge is 0.319 e. The van der Waals surface area contributed by atoms with E-state index in [1.165, 1.54) is 16.0 Å². The van der Waals surface area contributed by atoms with Gasteiger partial charge in [0.25, 0.3) is 0 Å². The van der Waals surface area contributed by atoms with Gasteiger partial charge >= 0.3 is 0 Å². The van der Waals surface area contributed by atoms with Gasteiger partial charge in [0.15, 0.2) is 0 Å². The SMILES string of the molecule is CNCCc1cnc(-c2cccc(C)c2)s1. The molecular formula is C13H16N2S. The summed E-state index contributed by atoms with van der Waals surface area (Å²) in [5, 5.41) is 4.27. The summed E-state index contributed by atoms with van der Waals surface area (Å²) in [5.74, 6) is 0. The summed E-state index contributed by atoms with van der Waals surface area (Å²) < 4.78 is 0. The van der Waals surface area contributed by atoms with Crippen molar-refractivity contribution >= 4 is 11.3 Å². The lowest BCUT2D eigenvalue weighted by Crippen LogP contribution is -2.09. The molecule has 3 heteroatoms. The van der Waals surface area contributed by atoms with Gasteiger partial charge < -0.3 is 5.32 Å². The van der Waals surface area contributed by atoms with Gasteiger partial charge in [0, 0.05) is 16.6 Å². The Labute approximate surface area is 100 Å². The van der Waals surface area contributed by atoms with Crippen molar-refractivity contribution < 1.29 is 0 Å². The summed E-state index contributed by atoms with van der Waals surface area (Å²) in [4.78, 5) is 5.81. The summed E-state index contributed by atoms with van der Waals surface area (Å²) in [5.41, 5.74) is 2.50. The molecule has 1 N–H and O–H groups in total. The first-order chi connectivity index (χ1) is 7.79. The van der Waals surface area contributed by atoms with Gasteiger partial charge in [-0.05, 0) is 33.0 Å². The zero-order valence-electron chi connectivity index (χ0n) is 9.66. The van der Waals surface area contributed by atoms with E-state index in [1.54, 1.807) is 11.3 Å². The van der Waals surface area contributed by atoms with Crippen molar-refractivity contribution in [2.75, 3.05) is 13.6 Å². The van der Waals surface area contributed by atoms with Gasteiger partial charge in [0.2, 0.25) is 0 Å². The van der Waals surface area contributed by atoms with Crippen LogP contribution in [0.1, 0.15) is 10.4 Å². The van der Waals surface area contributed by atoms with Crippen molar-refractivity contribution in [3.05, 3.63) is 40.9 Å². The molecule has 0 aliphatic heterocycles. The quantitative estimate of drug-likeness (QED) is 0.876. The van der Waals surface area contributed by atoms with E-state index in [0.29, 0.717) is 0 Å². The van der Waals surface area contributed by atoms with Crippen molar-refractivity contribution in [2.45, 2.75) is 13.3 Å². The maximum absolute atomic E-state index is 4.47. The molecule has 0 radical (unpaired) electrons. The van der Waals surface area contributed by atoms with Crippen LogP contribution in [0, 0.1) is 6.92 Å². The molecule has 0 spiro atoms. The van der Waals surface area contributed by atoms with E-state index < -0.39 is 0 Å². The van der Waals surface area contributed by atoms with Crippen LogP contribution in [0.4, 0.5) is 0 Å². The monoisotopic (exact) mass is 232 g/mol. The fourth-order valence-electron chi connectivity index (χ4n) is 1.58. The molecule has 2 nitrogen and oxygen atoms in total. The maximum atomic E-state index is 4.47. The minimum Gasteiger partial charge on any atom is -0.319 e. The first-order valence-electron chi connectivity index (χ1n) is 5.46. The van der Waals surface area contributed by atoms with Gasteiger partial charge in [-0.15, -0.1) is 11.3 Å². The maximum Gasteiger partial charge on any atom is 0.123 e. The number of aryl methyl sites for hydroxylation is 1. The van der Waals surface area contributed by atoms with Gasteiger partial charge in [-0.1, -0.05) is 23.8 Å². The number of likely N-dealkylation sites (N-methyl/N-ethyl adjacent to an activating group) is 1. The van der Waals surface area contributed by atoms with Crippen molar-refractivity contribution in [2.24, 2.45) is 0 Å². The second-order valence-electron chi connectivity index (χ2n) is 3.85. The highest BCUT2D eigenvalue weighted by Crippen LogP contribution is 2.25. The first-order valence-corrected chi connectivity index (χ1v) is 6.27. The molecule has 84 valence electrons. The summed E-state index contributed by atoms with van der Waals surface area (Å²) in [6.45, 7) is 3.12. The minimum atomic E-state index is 1.01. The van der Waals surface area contributed by atoms with Crippen LogP contribution in [0.5, 0.6) is 0 Å². The van der Waals surface area contributed by atoms with Crippen molar-refractivity contribution in [3.8, 4) is 10.6 Å². The average molecular weight is 232 g/mol. The number of nitrogens with one attached hydrogen (secondary N) is 1. The predicted octanol–water partition coefficient (Wildman–Crippen LogP) is 2.88. The number of hydrogen-bond acceptors (Lipinski definition) is 3. The Kier molecular flexibility index (Phi) is 3.70. The van der Waals surface area contributed by atoms with Gasteiger partial charge in [-0.25, -0.2) is 4.98 Å². The normalized spacial score (nSPS) is 10.6. The number of thiazole rings is 1. The third kappa shape index (κ3) is 2.68. The Hall–Kier alpha value is -1.19. The molecule has 0 aliphatic carbocycles. The van der Waals surface area contributed by atoms with Crippen molar-refractivity contribution in [3.63, 3.8) is 0 Å². The molecule has 0 bridgehead atoms. The Morgan fingerprint density at radius 1 is 1.38 bits per heavy atom. The Morgan fingerprint density at radius 3 is 3.00 bits per heavy atom. The second-order valence-corrected chi connectivity index (χ2v) is 4.97. The molecule has 0 atom stereocenters. The van der Waals surface area contributed by atoms with Gasteiger partial charge in [-0.3, -0.25) is 0 Å². The van der Waals surface area contributed by atoms with Crippen LogP contribution in [-0.2, 0) is 6.42 Å². The van der Waals surface area contributed by atoms with Crippen molar-refractivity contribution in [1.82, 2.24) is 10.3 Å². The first kappa shape index (κ1) is 11.3. The van der Waals surface area contributed by atoms with Crippen LogP contribution in [0.15, 0.2) is 30.5 Å². The smallest absolute Gasteiger partial charge is 0.123 e. The molecule has 0 amide bonds. The molecule has 0 saturated carbocycles. The molecule has 1 aromatic carbocycles. The molecule has 0 saturated heterocycles. The minimum absolute atomic E-state index is 1.01. The van der Waals surface area contributed by atoms with Gasteiger partial charge in [0.05, 0.1) is 0 Å². The van der Waals surface area contributed by atoms with Crippen LogP contribution < -0.4 is 5.32 Å². The highest BCUT2D eigenvalue weighted by atomic mass is 32.1. The lowest BCUT2D eigenvalue weighted by atomic mass is 10.1. The number of rotatable bonds is 4. The van der Waals surface area contributed by atoms with E-state index >= 15 is 0 Å². The number of hydrogen-bond donors (Lipinski definition) is 1. The summed E-state index contributed by atoms with van der Waals surface area (Å²) in [6, 6.07) is 8.49. The van der Waals surface area contributed by atoms with E-state index in [4.69, 9.17) is 0 Å². The molecular weight excluding hydrogens is 216 g/mol. The number of nitrogens with zero attached hydrogens (tertiary/aromatic N) is 1. The molecule has 1 aromatic heterocycles. The Morgan fingerprint density at radius 2 is 2.25 bits per heavy atom. The Balaban J connectivity index is 2.18. The molecule has 0 unspecified atom stereocenters. The molecule has 2 aromatic rings. The van der Waals surface area contributed by atoms with E-state index in [0.717, 1.165) is 18.0 Å². The Bertz CT molecular complexity index is 462. The molecule has 0 fully saturated rings. The van der Waals surface area contributed by atoms with Crippen LogP contribution in [0.3, 0.4) is 0 Å². The standard InChI is InChI=1S/C13H16N2S/c1-10-4-3-5-11(8-10)13-15-9-12(16-13)6-7-14-2/h3-5,8-9,14H,6-7H2,1-2H3. The predicted molar refractivity (Wildman–Crippen MR) is 69.9 cm³/mol. The van der Waals surface area contributed by atoms with Gasteiger partial charge in [0.1, 0.15) is 5.01 Å². The van der Waals surface area contributed by atoms with E-state index in [2.05, 4.69) is 41.5 Å². The van der Waals surface area contributed by atoms with E-state index in [1.807, 2.05) is 13.2 Å². The number of benzene rings is 1. The van der Waals surface area contributed by atoms with Crippen molar-refractivity contribution in [1.29, 1.82) is 0 Å². The summed E-state index contributed by atoms with van der Waals surface area (Å²) in [7, 11) is 1.97. The third-order valence-electron chi connectivity index (χ3n) is 2.44. The van der Waals surface area contributed by atoms with E-state index in [9.17, 15) is 0 Å². The van der Waals surface area contributed by atoms with E-state index in [-0.39, 0.29) is 0 Å². The highest BCUT2D eigenvalue weighted by Gasteiger charge is 2.04. The third-order valence-corrected chi connectivity index (χ3v) is 3.55. The lowest BCUT2D eigenvalue weighted by molar-refractivity contribution is 0.798. The zero-order valence-corrected chi connectivity index (χ0v) is 10.5. The second kappa shape index (κ2) is 5.23. The topological polar surface area (TPSA) is 24.9 Å². The fraction of sp³-hybridized carbons (Fsp3) is 0.308.